The minimum Gasteiger partial charge on any atom is -0.305 e. The fourth-order valence-electron chi connectivity index (χ4n) is 3.79. The van der Waals surface area contributed by atoms with Gasteiger partial charge in [-0.2, -0.15) is 0 Å². The van der Waals surface area contributed by atoms with Gasteiger partial charge in [0.1, 0.15) is 0 Å². The summed E-state index contributed by atoms with van der Waals surface area (Å²) in [5.41, 5.74) is 4.86. The molecule has 2 aliphatic carbocycles. The molecule has 1 aliphatic heterocycles. The Balaban J connectivity index is 1.39. The molecule has 4 heteroatoms. The monoisotopic (exact) mass is 378 g/mol. The number of aliphatic imine (C=N–C) groups is 1. The highest BCUT2D eigenvalue weighted by Gasteiger charge is 2.25. The minimum atomic E-state index is 0.0311. The molecule has 0 bridgehead atoms. The van der Waals surface area contributed by atoms with Crippen LogP contribution in [0.3, 0.4) is 0 Å². The molecule has 1 unspecified atom stereocenters. The van der Waals surface area contributed by atoms with Gasteiger partial charge in [-0.25, -0.2) is 0 Å². The van der Waals surface area contributed by atoms with Gasteiger partial charge in [-0.1, -0.05) is 74.2 Å². The minimum absolute atomic E-state index is 0.0311. The zero-order chi connectivity index (χ0) is 18.8. The Morgan fingerprint density at radius 2 is 2.11 bits per heavy atom. The van der Waals surface area contributed by atoms with Gasteiger partial charge in [-0.05, 0) is 47.0 Å². The Labute approximate surface area is 165 Å². The molecule has 1 N–H and O–H groups in total. The normalized spacial score (nSPS) is 25.0. The van der Waals surface area contributed by atoms with E-state index in [1.54, 1.807) is 11.8 Å². The number of hydrogen-bond acceptors (Lipinski definition) is 3. The van der Waals surface area contributed by atoms with Crippen molar-refractivity contribution in [1.82, 2.24) is 5.32 Å². The van der Waals surface area contributed by atoms with Crippen molar-refractivity contribution < 1.29 is 4.79 Å². The van der Waals surface area contributed by atoms with Crippen LogP contribution in [0.25, 0.3) is 0 Å². The number of carbonyl (C=O) groups excluding carboxylic acids is 1. The highest BCUT2D eigenvalue weighted by atomic mass is 32.2. The van der Waals surface area contributed by atoms with E-state index in [2.05, 4.69) is 55.2 Å². The number of benzene rings is 1. The van der Waals surface area contributed by atoms with Gasteiger partial charge in [0.25, 0.3) is 0 Å². The summed E-state index contributed by atoms with van der Waals surface area (Å²) >= 11 is 1.63. The second-order valence-electron chi connectivity index (χ2n) is 7.68. The van der Waals surface area contributed by atoms with Crippen LogP contribution in [0.5, 0.6) is 0 Å². The standard InChI is InChI=1S/C23H26N2OS/c1-15-10-11-19(12-16(15)2)21-14-27-23(24-21)25-22(26)13-18-6-3-4-9-20(18)17-7-5-8-17/h3-4,6,9-12,16-17,21H,1,5,7-8,13-14H2,2H3,(H,24,25,26)/t16-,21?/m1/s1. The molecule has 3 nitrogen and oxygen atoms in total. The van der Waals surface area contributed by atoms with Crippen LogP contribution in [0.2, 0.25) is 0 Å². The predicted molar refractivity (Wildman–Crippen MR) is 114 cm³/mol. The summed E-state index contributed by atoms with van der Waals surface area (Å²) in [5.74, 6) is 1.90. The van der Waals surface area contributed by atoms with Crippen molar-refractivity contribution in [3.63, 3.8) is 0 Å². The Morgan fingerprint density at radius 1 is 1.30 bits per heavy atom. The topological polar surface area (TPSA) is 41.5 Å². The first-order valence-electron chi connectivity index (χ1n) is 9.77. The molecule has 0 radical (unpaired) electrons. The molecular weight excluding hydrogens is 352 g/mol. The number of amidine groups is 1. The van der Waals surface area contributed by atoms with Crippen LogP contribution in [0, 0.1) is 5.92 Å². The molecule has 4 rings (SSSR count). The Hall–Kier alpha value is -2.07. The average Bonchev–Trinajstić information content (AvgIpc) is 3.06. The summed E-state index contributed by atoms with van der Waals surface area (Å²) in [4.78, 5) is 17.3. The van der Waals surface area contributed by atoms with Crippen LogP contribution in [0.1, 0.15) is 43.2 Å². The summed E-state index contributed by atoms with van der Waals surface area (Å²) in [6, 6.07) is 8.50. The molecule has 2 atom stereocenters. The third kappa shape index (κ3) is 4.11. The molecule has 0 saturated heterocycles. The second kappa shape index (κ2) is 7.89. The van der Waals surface area contributed by atoms with Gasteiger partial charge in [0.05, 0.1) is 12.5 Å². The summed E-state index contributed by atoms with van der Waals surface area (Å²) in [6.45, 7) is 6.20. The van der Waals surface area contributed by atoms with Crippen molar-refractivity contribution in [2.24, 2.45) is 10.9 Å². The molecule has 0 aromatic heterocycles. The number of allylic oxidation sites excluding steroid dienone is 3. The van der Waals surface area contributed by atoms with Gasteiger partial charge >= 0.3 is 0 Å². The van der Waals surface area contributed by atoms with E-state index in [0.29, 0.717) is 18.3 Å². The zero-order valence-electron chi connectivity index (χ0n) is 15.8. The molecule has 0 spiro atoms. The van der Waals surface area contributed by atoms with E-state index in [0.717, 1.165) is 22.1 Å². The maximum atomic E-state index is 12.6. The van der Waals surface area contributed by atoms with E-state index >= 15 is 0 Å². The van der Waals surface area contributed by atoms with Gasteiger partial charge < -0.3 is 5.32 Å². The van der Waals surface area contributed by atoms with Crippen molar-refractivity contribution in [1.29, 1.82) is 0 Å². The smallest absolute Gasteiger partial charge is 0.230 e. The average molecular weight is 379 g/mol. The number of thioether (sulfide) groups is 1. The van der Waals surface area contributed by atoms with Crippen molar-refractivity contribution >= 4 is 22.8 Å². The van der Waals surface area contributed by atoms with E-state index in [1.807, 2.05) is 6.07 Å². The molecule has 140 valence electrons. The molecule has 1 amide bonds. The van der Waals surface area contributed by atoms with Crippen molar-refractivity contribution in [2.75, 3.05) is 5.75 Å². The summed E-state index contributed by atoms with van der Waals surface area (Å²) in [7, 11) is 0. The Kier molecular flexibility index (Phi) is 5.35. The molecule has 27 heavy (non-hydrogen) atoms. The predicted octanol–water partition coefficient (Wildman–Crippen LogP) is 4.77. The molecule has 1 saturated carbocycles. The van der Waals surface area contributed by atoms with Crippen LogP contribution in [-0.2, 0) is 11.2 Å². The van der Waals surface area contributed by atoms with E-state index in [1.165, 1.54) is 30.4 Å². The summed E-state index contributed by atoms with van der Waals surface area (Å²) < 4.78 is 0. The van der Waals surface area contributed by atoms with E-state index in [9.17, 15) is 4.79 Å². The largest absolute Gasteiger partial charge is 0.305 e. The lowest BCUT2D eigenvalue weighted by molar-refractivity contribution is -0.119. The molecule has 1 aromatic carbocycles. The van der Waals surface area contributed by atoms with Gasteiger partial charge in [0, 0.05) is 5.75 Å². The quantitative estimate of drug-likeness (QED) is 0.820. The lowest BCUT2D eigenvalue weighted by Crippen LogP contribution is -2.29. The third-order valence-corrected chi connectivity index (χ3v) is 6.71. The van der Waals surface area contributed by atoms with Crippen LogP contribution in [0.15, 0.2) is 65.2 Å². The fourth-order valence-corrected chi connectivity index (χ4v) is 4.76. The molecule has 1 aromatic rings. The van der Waals surface area contributed by atoms with Crippen molar-refractivity contribution in [2.45, 2.75) is 44.6 Å². The number of nitrogens with one attached hydrogen (secondary N) is 1. The summed E-state index contributed by atoms with van der Waals surface area (Å²) in [5, 5.41) is 3.77. The maximum absolute atomic E-state index is 12.6. The molecule has 1 fully saturated rings. The molecular formula is C23H26N2OS. The van der Waals surface area contributed by atoms with Crippen molar-refractivity contribution in [3.8, 4) is 0 Å². The van der Waals surface area contributed by atoms with E-state index in [-0.39, 0.29) is 11.9 Å². The Bertz CT molecular complexity index is 848. The van der Waals surface area contributed by atoms with Gasteiger partial charge in [0.15, 0.2) is 5.17 Å². The van der Waals surface area contributed by atoms with Crippen LogP contribution < -0.4 is 5.32 Å². The van der Waals surface area contributed by atoms with Crippen LogP contribution in [0.4, 0.5) is 0 Å². The summed E-state index contributed by atoms with van der Waals surface area (Å²) in [6.07, 6.45) is 10.6. The van der Waals surface area contributed by atoms with E-state index < -0.39 is 0 Å². The van der Waals surface area contributed by atoms with Crippen LogP contribution >= 0.6 is 11.8 Å². The lowest BCUT2D eigenvalue weighted by atomic mass is 9.78. The first-order valence-corrected chi connectivity index (χ1v) is 10.8. The lowest BCUT2D eigenvalue weighted by Gasteiger charge is -2.27. The number of carbonyl (C=O) groups is 1. The maximum Gasteiger partial charge on any atom is 0.230 e. The Morgan fingerprint density at radius 3 is 2.85 bits per heavy atom. The zero-order valence-corrected chi connectivity index (χ0v) is 16.6. The second-order valence-corrected chi connectivity index (χ2v) is 8.68. The SMILES string of the molecule is C=C1C=CC(C2CSC(NC(=O)Cc3ccccc3C3CCC3)=N2)=C[C@H]1C. The van der Waals surface area contributed by atoms with Crippen molar-refractivity contribution in [3.05, 3.63) is 71.3 Å². The first kappa shape index (κ1) is 18.3. The molecule has 1 heterocycles. The first-order chi connectivity index (χ1) is 13.1. The third-order valence-electron chi connectivity index (χ3n) is 5.75. The number of rotatable bonds is 4. The number of nitrogens with zero attached hydrogens (tertiary/aromatic N) is 1. The van der Waals surface area contributed by atoms with Gasteiger partial charge in [-0.3, -0.25) is 9.79 Å². The fraction of sp³-hybridized carbons (Fsp3) is 0.391. The van der Waals surface area contributed by atoms with Gasteiger partial charge in [0.2, 0.25) is 5.91 Å². The molecule has 3 aliphatic rings. The highest BCUT2D eigenvalue weighted by molar-refractivity contribution is 8.14. The van der Waals surface area contributed by atoms with Crippen LogP contribution in [-0.4, -0.2) is 22.9 Å². The number of hydrogen-bond donors (Lipinski definition) is 1. The van der Waals surface area contributed by atoms with Gasteiger partial charge in [-0.15, -0.1) is 0 Å². The van der Waals surface area contributed by atoms with E-state index in [4.69, 9.17) is 4.99 Å². The number of amides is 1. The highest BCUT2D eigenvalue weighted by Crippen LogP contribution is 2.38.